The summed E-state index contributed by atoms with van der Waals surface area (Å²) in [5.41, 5.74) is 0. The van der Waals surface area contributed by atoms with Crippen molar-refractivity contribution in [1.29, 1.82) is 0 Å². The molecule has 3 rings (SSSR count). The Labute approximate surface area is 113 Å². The second-order valence-electron chi connectivity index (χ2n) is 5.33. The molecule has 1 N–H and O–H groups in total. The molecule has 0 unspecified atom stereocenters. The molecule has 0 radical (unpaired) electrons. The number of pyridine rings is 1. The van der Waals surface area contributed by atoms with Gasteiger partial charge in [0.2, 0.25) is 0 Å². The van der Waals surface area contributed by atoms with E-state index in [-0.39, 0.29) is 0 Å². The molecule has 0 spiro atoms. The van der Waals surface area contributed by atoms with Crippen LogP contribution in [-0.4, -0.2) is 29.8 Å². The first-order valence-corrected chi connectivity index (χ1v) is 7.07. The zero-order chi connectivity index (χ0) is 13.1. The van der Waals surface area contributed by atoms with E-state index in [0.717, 1.165) is 38.2 Å². The molecule has 19 heavy (non-hydrogen) atoms. The van der Waals surface area contributed by atoms with E-state index in [9.17, 15) is 0 Å². The fraction of sp³-hybridized carbons (Fsp3) is 0.438. The lowest BCUT2D eigenvalue weighted by Gasteiger charge is -2.32. The van der Waals surface area contributed by atoms with Crippen molar-refractivity contribution in [3.05, 3.63) is 36.5 Å². The standard InChI is InChI=1S/C16H20N2O/c19-10-7-13-5-8-18(9-6-13)16-11-14-3-1-2-4-15(14)12-17-16/h1-4,11-13,19H,5-10H2. The fourth-order valence-corrected chi connectivity index (χ4v) is 2.88. The number of benzene rings is 1. The van der Waals surface area contributed by atoms with Crippen LogP contribution in [0.5, 0.6) is 0 Å². The van der Waals surface area contributed by atoms with Crippen LogP contribution in [0.4, 0.5) is 5.82 Å². The molecule has 1 aliphatic heterocycles. The van der Waals surface area contributed by atoms with Gasteiger partial charge in [0.15, 0.2) is 0 Å². The number of hydrogen-bond acceptors (Lipinski definition) is 3. The number of aromatic nitrogens is 1. The maximum atomic E-state index is 8.99. The van der Waals surface area contributed by atoms with E-state index in [4.69, 9.17) is 5.11 Å². The number of aliphatic hydroxyl groups excluding tert-OH is 1. The van der Waals surface area contributed by atoms with Gasteiger partial charge in [-0.25, -0.2) is 4.98 Å². The summed E-state index contributed by atoms with van der Waals surface area (Å²) in [5, 5.41) is 11.4. The molecule has 100 valence electrons. The van der Waals surface area contributed by atoms with Crippen LogP contribution in [0.2, 0.25) is 0 Å². The van der Waals surface area contributed by atoms with Gasteiger partial charge in [-0.2, -0.15) is 0 Å². The highest BCUT2D eigenvalue weighted by Gasteiger charge is 2.19. The molecule has 3 nitrogen and oxygen atoms in total. The van der Waals surface area contributed by atoms with Crippen LogP contribution in [0.15, 0.2) is 36.5 Å². The molecule has 0 bridgehead atoms. The smallest absolute Gasteiger partial charge is 0.129 e. The molecule has 2 heterocycles. The average Bonchev–Trinajstić information content (AvgIpc) is 2.48. The molecular weight excluding hydrogens is 236 g/mol. The molecule has 1 aliphatic rings. The third-order valence-electron chi connectivity index (χ3n) is 4.09. The lowest BCUT2D eigenvalue weighted by molar-refractivity contribution is 0.240. The molecule has 0 amide bonds. The van der Waals surface area contributed by atoms with Gasteiger partial charge in [-0.1, -0.05) is 24.3 Å². The largest absolute Gasteiger partial charge is 0.396 e. The second-order valence-corrected chi connectivity index (χ2v) is 5.33. The van der Waals surface area contributed by atoms with Crippen LogP contribution in [0.1, 0.15) is 19.3 Å². The van der Waals surface area contributed by atoms with Gasteiger partial charge < -0.3 is 10.0 Å². The van der Waals surface area contributed by atoms with Crippen LogP contribution in [0.3, 0.4) is 0 Å². The number of aliphatic hydroxyl groups is 1. The Morgan fingerprint density at radius 3 is 2.63 bits per heavy atom. The number of anilines is 1. The molecule has 1 aromatic heterocycles. The monoisotopic (exact) mass is 256 g/mol. The molecule has 1 aromatic carbocycles. The minimum absolute atomic E-state index is 0.318. The summed E-state index contributed by atoms with van der Waals surface area (Å²) in [6, 6.07) is 10.5. The zero-order valence-electron chi connectivity index (χ0n) is 11.1. The quantitative estimate of drug-likeness (QED) is 0.917. The van der Waals surface area contributed by atoms with Crippen LogP contribution < -0.4 is 4.90 Å². The maximum Gasteiger partial charge on any atom is 0.129 e. The van der Waals surface area contributed by atoms with Crippen LogP contribution in [0, 0.1) is 5.92 Å². The van der Waals surface area contributed by atoms with Gasteiger partial charge in [0, 0.05) is 31.3 Å². The summed E-state index contributed by atoms with van der Waals surface area (Å²) in [4.78, 5) is 6.94. The van der Waals surface area contributed by atoms with Gasteiger partial charge in [-0.05, 0) is 36.6 Å². The summed E-state index contributed by atoms with van der Waals surface area (Å²) >= 11 is 0. The highest BCUT2D eigenvalue weighted by molar-refractivity contribution is 5.83. The van der Waals surface area contributed by atoms with Crippen LogP contribution in [0.25, 0.3) is 10.8 Å². The maximum absolute atomic E-state index is 8.99. The van der Waals surface area contributed by atoms with Gasteiger partial charge in [-0.3, -0.25) is 0 Å². The Hall–Kier alpha value is -1.61. The Morgan fingerprint density at radius 2 is 1.89 bits per heavy atom. The van der Waals surface area contributed by atoms with Crippen molar-refractivity contribution >= 4 is 16.6 Å². The molecule has 0 saturated carbocycles. The van der Waals surface area contributed by atoms with E-state index in [1.54, 1.807) is 0 Å². The molecule has 0 atom stereocenters. The van der Waals surface area contributed by atoms with Gasteiger partial charge in [0.25, 0.3) is 0 Å². The van der Waals surface area contributed by atoms with E-state index >= 15 is 0 Å². The molecule has 0 aliphatic carbocycles. The van der Waals surface area contributed by atoms with Crippen molar-refractivity contribution in [3.8, 4) is 0 Å². The fourth-order valence-electron chi connectivity index (χ4n) is 2.88. The lowest BCUT2D eigenvalue weighted by atomic mass is 9.94. The van der Waals surface area contributed by atoms with E-state index in [2.05, 4.69) is 34.1 Å². The normalized spacial score (nSPS) is 17.0. The van der Waals surface area contributed by atoms with Crippen LogP contribution in [-0.2, 0) is 0 Å². The predicted octanol–water partition coefficient (Wildman–Crippen LogP) is 2.83. The lowest BCUT2D eigenvalue weighted by Crippen LogP contribution is -2.34. The van der Waals surface area contributed by atoms with Gasteiger partial charge >= 0.3 is 0 Å². The topological polar surface area (TPSA) is 36.4 Å². The Morgan fingerprint density at radius 1 is 1.16 bits per heavy atom. The summed E-state index contributed by atoms with van der Waals surface area (Å²) in [6.07, 6.45) is 5.23. The van der Waals surface area contributed by atoms with Crippen molar-refractivity contribution in [2.75, 3.05) is 24.6 Å². The summed E-state index contributed by atoms with van der Waals surface area (Å²) in [7, 11) is 0. The van der Waals surface area contributed by atoms with Crippen molar-refractivity contribution in [2.24, 2.45) is 5.92 Å². The first-order valence-electron chi connectivity index (χ1n) is 7.07. The molecule has 2 aromatic rings. The Bertz CT molecular complexity index is 547. The zero-order valence-corrected chi connectivity index (χ0v) is 11.1. The number of hydrogen-bond donors (Lipinski definition) is 1. The first-order chi connectivity index (χ1) is 9.36. The van der Waals surface area contributed by atoms with E-state index in [0.29, 0.717) is 12.5 Å². The third-order valence-corrected chi connectivity index (χ3v) is 4.09. The minimum Gasteiger partial charge on any atom is -0.396 e. The molecular formula is C16H20N2O. The average molecular weight is 256 g/mol. The van der Waals surface area contributed by atoms with Crippen molar-refractivity contribution < 1.29 is 5.11 Å². The number of piperidine rings is 1. The summed E-state index contributed by atoms with van der Waals surface area (Å²) < 4.78 is 0. The van der Waals surface area contributed by atoms with Gasteiger partial charge in [-0.15, -0.1) is 0 Å². The highest BCUT2D eigenvalue weighted by atomic mass is 16.3. The number of fused-ring (bicyclic) bond motifs is 1. The molecule has 3 heteroatoms. The Balaban J connectivity index is 1.74. The summed E-state index contributed by atoms with van der Waals surface area (Å²) in [6.45, 7) is 2.42. The predicted molar refractivity (Wildman–Crippen MR) is 78.4 cm³/mol. The third kappa shape index (κ3) is 2.71. The molecule has 1 fully saturated rings. The van der Waals surface area contributed by atoms with Crippen molar-refractivity contribution in [1.82, 2.24) is 4.98 Å². The number of nitrogens with zero attached hydrogens (tertiary/aromatic N) is 2. The SMILES string of the molecule is OCCC1CCN(c2cc3ccccc3cn2)CC1. The minimum atomic E-state index is 0.318. The number of rotatable bonds is 3. The van der Waals surface area contributed by atoms with Gasteiger partial charge in [0.1, 0.15) is 5.82 Å². The van der Waals surface area contributed by atoms with Gasteiger partial charge in [0.05, 0.1) is 0 Å². The highest BCUT2D eigenvalue weighted by Crippen LogP contribution is 2.25. The van der Waals surface area contributed by atoms with Crippen molar-refractivity contribution in [3.63, 3.8) is 0 Å². The van der Waals surface area contributed by atoms with Crippen molar-refractivity contribution in [2.45, 2.75) is 19.3 Å². The summed E-state index contributed by atoms with van der Waals surface area (Å²) in [5.74, 6) is 1.77. The van der Waals surface area contributed by atoms with E-state index in [1.807, 2.05) is 12.3 Å². The Kier molecular flexibility index (Phi) is 3.65. The van der Waals surface area contributed by atoms with E-state index in [1.165, 1.54) is 10.8 Å². The van der Waals surface area contributed by atoms with Crippen LogP contribution >= 0.6 is 0 Å². The first kappa shape index (κ1) is 12.4. The van der Waals surface area contributed by atoms with E-state index < -0.39 is 0 Å². The molecule has 1 saturated heterocycles. The second kappa shape index (κ2) is 5.57.